The van der Waals surface area contributed by atoms with E-state index >= 15 is 0 Å². The van der Waals surface area contributed by atoms with Crippen LogP contribution in [0.4, 0.5) is 0 Å². The summed E-state index contributed by atoms with van der Waals surface area (Å²) >= 11 is 12.0. The smallest absolute Gasteiger partial charge is 0.0704 e. The summed E-state index contributed by atoms with van der Waals surface area (Å²) in [6.07, 6.45) is 8.12. The molecule has 0 bridgehead atoms. The first-order valence-electron chi connectivity index (χ1n) is 6.08. The van der Waals surface area contributed by atoms with Crippen LogP contribution in [0.5, 0.6) is 0 Å². The average Bonchev–Trinajstić information content (AvgIpc) is 2.49. The van der Waals surface area contributed by atoms with Crippen molar-refractivity contribution in [3.05, 3.63) is 20.3 Å². The zero-order valence-electron chi connectivity index (χ0n) is 9.64. The van der Waals surface area contributed by atoms with Gasteiger partial charge >= 0.3 is 0 Å². The zero-order chi connectivity index (χ0) is 11.5. The van der Waals surface area contributed by atoms with Crippen LogP contribution < -0.4 is 0 Å². The molecule has 2 rings (SSSR count). The molecule has 0 amide bonds. The number of rotatable bonds is 2. The predicted molar refractivity (Wildman–Crippen MR) is 76.5 cm³/mol. The molecule has 0 aromatic carbocycles. The molecule has 0 aliphatic heterocycles. The highest BCUT2D eigenvalue weighted by Gasteiger charge is 2.24. The van der Waals surface area contributed by atoms with E-state index in [9.17, 15) is 0 Å². The molecule has 90 valence electrons. The van der Waals surface area contributed by atoms with Crippen LogP contribution in [0.15, 0.2) is 9.85 Å². The molecule has 0 nitrogen and oxygen atoms in total. The minimum Gasteiger partial charge on any atom is -0.133 e. The van der Waals surface area contributed by atoms with E-state index in [1.807, 2.05) is 0 Å². The molecule has 1 saturated carbocycles. The van der Waals surface area contributed by atoms with Crippen LogP contribution in [0.2, 0.25) is 0 Å². The second-order valence-electron chi connectivity index (χ2n) is 4.72. The fraction of sp³-hybridized carbons (Fsp3) is 0.692. The summed E-state index contributed by atoms with van der Waals surface area (Å²) in [6, 6.07) is 2.21. The molecule has 0 saturated heterocycles. The van der Waals surface area contributed by atoms with E-state index in [2.05, 4.69) is 28.9 Å². The van der Waals surface area contributed by atoms with Gasteiger partial charge in [-0.05, 0) is 53.2 Å². The lowest BCUT2D eigenvalue weighted by atomic mass is 9.92. The molecule has 16 heavy (non-hydrogen) atoms. The second kappa shape index (κ2) is 5.88. The summed E-state index contributed by atoms with van der Waals surface area (Å²) < 4.78 is 1.21. The van der Waals surface area contributed by atoms with Crippen molar-refractivity contribution in [1.82, 2.24) is 0 Å². The van der Waals surface area contributed by atoms with Crippen molar-refractivity contribution >= 4 is 38.9 Å². The number of hydrogen-bond acceptors (Lipinski definition) is 1. The van der Waals surface area contributed by atoms with Gasteiger partial charge < -0.3 is 0 Å². The zero-order valence-corrected chi connectivity index (χ0v) is 12.8. The average molecular weight is 322 g/mol. The topological polar surface area (TPSA) is 0 Å². The van der Waals surface area contributed by atoms with E-state index in [4.69, 9.17) is 11.6 Å². The molecule has 0 radical (unpaired) electrons. The van der Waals surface area contributed by atoms with Gasteiger partial charge in [-0.25, -0.2) is 0 Å². The maximum absolute atomic E-state index is 6.66. The highest BCUT2D eigenvalue weighted by atomic mass is 79.9. The van der Waals surface area contributed by atoms with E-state index in [1.54, 1.807) is 11.3 Å². The molecule has 1 fully saturated rings. The van der Waals surface area contributed by atoms with Crippen LogP contribution in [-0.4, -0.2) is 0 Å². The molecule has 1 aromatic rings. The lowest BCUT2D eigenvalue weighted by Crippen LogP contribution is -2.07. The van der Waals surface area contributed by atoms with Gasteiger partial charge in [0, 0.05) is 4.88 Å². The van der Waals surface area contributed by atoms with Gasteiger partial charge in [-0.3, -0.25) is 0 Å². The first-order valence-corrected chi connectivity index (χ1v) is 8.13. The number of aryl methyl sites for hydroxylation is 1. The van der Waals surface area contributed by atoms with Crippen molar-refractivity contribution < 1.29 is 0 Å². The molecule has 0 N–H and O–H groups in total. The molecule has 1 heterocycles. The van der Waals surface area contributed by atoms with E-state index < -0.39 is 0 Å². The largest absolute Gasteiger partial charge is 0.133 e. The van der Waals surface area contributed by atoms with Crippen LogP contribution in [-0.2, 0) is 0 Å². The van der Waals surface area contributed by atoms with Crippen molar-refractivity contribution in [3.8, 4) is 0 Å². The van der Waals surface area contributed by atoms with E-state index in [0.717, 1.165) is 0 Å². The Bertz CT molecular complexity index is 340. The van der Waals surface area contributed by atoms with Crippen molar-refractivity contribution in [1.29, 1.82) is 0 Å². The first-order chi connectivity index (χ1) is 7.68. The maximum Gasteiger partial charge on any atom is 0.0704 e. The number of halogens is 2. The Labute approximate surface area is 116 Å². The fourth-order valence-corrected chi connectivity index (χ4v) is 4.89. The van der Waals surface area contributed by atoms with Gasteiger partial charge in [0.25, 0.3) is 0 Å². The van der Waals surface area contributed by atoms with Gasteiger partial charge in [-0.2, -0.15) is 0 Å². The molecular weight excluding hydrogens is 304 g/mol. The Morgan fingerprint density at radius 2 is 1.94 bits per heavy atom. The van der Waals surface area contributed by atoms with Gasteiger partial charge in [0.2, 0.25) is 0 Å². The molecule has 1 aliphatic carbocycles. The summed E-state index contributed by atoms with van der Waals surface area (Å²) in [5.41, 5.74) is 1.35. The minimum absolute atomic E-state index is 0.223. The van der Waals surface area contributed by atoms with Crippen LogP contribution in [0.3, 0.4) is 0 Å². The number of thiophene rings is 1. The summed E-state index contributed by atoms with van der Waals surface area (Å²) in [5.74, 6) is 0.685. The summed E-state index contributed by atoms with van der Waals surface area (Å²) in [6.45, 7) is 2.18. The molecule has 1 atom stereocenters. The second-order valence-corrected chi connectivity index (χ2v) is 7.82. The summed E-state index contributed by atoms with van der Waals surface area (Å²) in [4.78, 5) is 1.37. The molecule has 1 unspecified atom stereocenters. The molecule has 1 aliphatic rings. The Morgan fingerprint density at radius 1 is 1.31 bits per heavy atom. The van der Waals surface area contributed by atoms with Crippen LogP contribution in [0.25, 0.3) is 0 Å². The monoisotopic (exact) mass is 320 g/mol. The van der Waals surface area contributed by atoms with E-state index in [0.29, 0.717) is 5.92 Å². The SMILES string of the molecule is Cc1sc(Br)cc1C(Cl)C1CCCCCC1. The Kier molecular flexibility index (Phi) is 4.75. The standard InChI is InChI=1S/C13H18BrClS/c1-9-11(8-12(14)16-9)13(15)10-6-4-2-3-5-7-10/h8,10,13H,2-7H2,1H3. The number of alkyl halides is 1. The molecule has 3 heteroatoms. The normalized spacial score (nSPS) is 20.7. The van der Waals surface area contributed by atoms with Gasteiger partial charge in [0.1, 0.15) is 0 Å². The summed E-state index contributed by atoms with van der Waals surface area (Å²) in [5, 5.41) is 0.223. The van der Waals surface area contributed by atoms with Crippen LogP contribution in [0, 0.1) is 12.8 Å². The Morgan fingerprint density at radius 3 is 2.44 bits per heavy atom. The third-order valence-electron chi connectivity index (χ3n) is 3.54. The summed E-state index contributed by atoms with van der Waals surface area (Å²) in [7, 11) is 0. The van der Waals surface area contributed by atoms with Crippen molar-refractivity contribution in [2.75, 3.05) is 0 Å². The van der Waals surface area contributed by atoms with Gasteiger partial charge in [-0.1, -0.05) is 25.7 Å². The number of hydrogen-bond donors (Lipinski definition) is 0. The van der Waals surface area contributed by atoms with E-state index in [1.165, 1.54) is 52.8 Å². The van der Waals surface area contributed by atoms with Crippen LogP contribution >= 0.6 is 38.9 Å². The molecular formula is C13H18BrClS. The third kappa shape index (κ3) is 3.02. The molecule has 0 spiro atoms. The Balaban J connectivity index is 2.10. The maximum atomic E-state index is 6.66. The molecule has 1 aromatic heterocycles. The lowest BCUT2D eigenvalue weighted by molar-refractivity contribution is 0.445. The highest BCUT2D eigenvalue weighted by Crippen LogP contribution is 2.42. The fourth-order valence-electron chi connectivity index (χ4n) is 2.59. The van der Waals surface area contributed by atoms with Gasteiger partial charge in [0.15, 0.2) is 0 Å². The quantitative estimate of drug-likeness (QED) is 0.458. The highest BCUT2D eigenvalue weighted by molar-refractivity contribution is 9.11. The van der Waals surface area contributed by atoms with Crippen molar-refractivity contribution in [3.63, 3.8) is 0 Å². The first kappa shape index (κ1) is 12.9. The van der Waals surface area contributed by atoms with Gasteiger partial charge in [-0.15, -0.1) is 22.9 Å². The minimum atomic E-state index is 0.223. The van der Waals surface area contributed by atoms with Crippen LogP contribution in [0.1, 0.15) is 54.3 Å². The van der Waals surface area contributed by atoms with Crippen molar-refractivity contribution in [2.45, 2.75) is 50.8 Å². The predicted octanol–water partition coefficient (Wildman–Crippen LogP) is 6.07. The van der Waals surface area contributed by atoms with Gasteiger partial charge in [0.05, 0.1) is 9.16 Å². The third-order valence-corrected chi connectivity index (χ3v) is 5.70. The lowest BCUT2D eigenvalue weighted by Gasteiger charge is -2.20. The Hall–Kier alpha value is 0.470. The van der Waals surface area contributed by atoms with E-state index in [-0.39, 0.29) is 5.38 Å². The van der Waals surface area contributed by atoms with Crippen molar-refractivity contribution in [2.24, 2.45) is 5.92 Å².